The molecular weight excluding hydrogens is 271 g/mol. The summed E-state index contributed by atoms with van der Waals surface area (Å²) < 4.78 is 0. The van der Waals surface area contributed by atoms with E-state index in [1.165, 1.54) is 0 Å². The molecule has 0 radical (unpaired) electrons. The van der Waals surface area contributed by atoms with Gasteiger partial charge in [0, 0.05) is 0 Å². The van der Waals surface area contributed by atoms with Gasteiger partial charge in [0.05, 0.1) is 5.69 Å². The number of azo groups is 1. The number of rotatable bonds is 2. The van der Waals surface area contributed by atoms with Crippen molar-refractivity contribution in [2.24, 2.45) is 10.2 Å². The van der Waals surface area contributed by atoms with Gasteiger partial charge in [-0.3, -0.25) is 0 Å². The van der Waals surface area contributed by atoms with E-state index in [1.807, 2.05) is 31.2 Å². The second kappa shape index (κ2) is 5.42. The number of benzene rings is 1. The molecule has 4 nitrogen and oxygen atoms in total. The highest BCUT2D eigenvalue weighted by Gasteiger charge is 2.09. The van der Waals surface area contributed by atoms with Gasteiger partial charge in [0.1, 0.15) is 5.82 Å². The Bertz CT molecular complexity index is 571. The van der Waals surface area contributed by atoms with Crippen LogP contribution in [0.4, 0.5) is 11.4 Å². The van der Waals surface area contributed by atoms with Gasteiger partial charge in [-0.25, -0.2) is 9.97 Å². The van der Waals surface area contributed by atoms with Crippen molar-refractivity contribution < 1.29 is 0 Å². The molecule has 0 amide bonds. The molecule has 0 spiro atoms. The van der Waals surface area contributed by atoms with Gasteiger partial charge in [-0.1, -0.05) is 40.9 Å². The van der Waals surface area contributed by atoms with E-state index in [9.17, 15) is 0 Å². The van der Waals surface area contributed by atoms with Gasteiger partial charge in [-0.2, -0.15) is 5.11 Å². The first-order valence-electron chi connectivity index (χ1n) is 5.24. The average Bonchev–Trinajstić information content (AvgIpc) is 2.30. The average molecular weight is 281 g/mol. The number of aromatic nitrogens is 2. The zero-order valence-corrected chi connectivity index (χ0v) is 11.4. The van der Waals surface area contributed by atoms with E-state index < -0.39 is 0 Å². The first kappa shape index (κ1) is 12.9. The van der Waals surface area contributed by atoms with Crippen LogP contribution in [0.15, 0.2) is 34.5 Å². The van der Waals surface area contributed by atoms with Gasteiger partial charge in [-0.15, -0.1) is 5.11 Å². The molecule has 2 aromatic rings. The Morgan fingerprint density at radius 3 is 2.00 bits per heavy atom. The number of nitrogens with zero attached hydrogens (tertiary/aromatic N) is 4. The molecule has 0 aliphatic heterocycles. The molecule has 6 heteroatoms. The molecule has 1 heterocycles. The van der Waals surface area contributed by atoms with Gasteiger partial charge < -0.3 is 0 Å². The van der Waals surface area contributed by atoms with E-state index in [2.05, 4.69) is 20.2 Å². The minimum absolute atomic E-state index is 0.198. The minimum atomic E-state index is 0.198. The second-order valence-electron chi connectivity index (χ2n) is 3.74. The largest absolute Gasteiger partial charge is 0.219 e. The summed E-state index contributed by atoms with van der Waals surface area (Å²) in [5, 5.41) is 8.42. The van der Waals surface area contributed by atoms with Crippen LogP contribution in [0.1, 0.15) is 11.4 Å². The number of halogens is 2. The SMILES string of the molecule is Cc1ccc(N=Nc2c(Cl)nc(C)nc2Cl)cc1. The van der Waals surface area contributed by atoms with Crippen LogP contribution >= 0.6 is 23.2 Å². The molecule has 0 unspecified atom stereocenters. The highest BCUT2D eigenvalue weighted by Crippen LogP contribution is 2.31. The van der Waals surface area contributed by atoms with Crippen LogP contribution in [-0.2, 0) is 0 Å². The van der Waals surface area contributed by atoms with Crippen LogP contribution in [0.2, 0.25) is 10.3 Å². The molecule has 18 heavy (non-hydrogen) atoms. The topological polar surface area (TPSA) is 50.5 Å². The minimum Gasteiger partial charge on any atom is -0.219 e. The standard InChI is InChI=1S/C12H10Cl2N4/c1-7-3-5-9(6-4-7)17-18-10-11(13)15-8(2)16-12(10)14/h3-6H,1-2H3. The normalized spacial score (nSPS) is 11.1. The summed E-state index contributed by atoms with van der Waals surface area (Å²) in [5.41, 5.74) is 2.15. The molecule has 0 fully saturated rings. The molecule has 0 aliphatic rings. The van der Waals surface area contributed by atoms with Crippen LogP contribution in [0.3, 0.4) is 0 Å². The predicted molar refractivity (Wildman–Crippen MR) is 72.1 cm³/mol. The van der Waals surface area contributed by atoms with E-state index in [0.717, 1.165) is 5.56 Å². The first-order valence-corrected chi connectivity index (χ1v) is 6.00. The number of hydrogen-bond donors (Lipinski definition) is 0. The van der Waals surface area contributed by atoms with E-state index in [0.29, 0.717) is 11.5 Å². The van der Waals surface area contributed by atoms with Crippen LogP contribution in [0, 0.1) is 13.8 Å². The molecule has 2 rings (SSSR count). The fourth-order valence-corrected chi connectivity index (χ4v) is 1.85. The summed E-state index contributed by atoms with van der Waals surface area (Å²) in [6.07, 6.45) is 0. The Kier molecular flexibility index (Phi) is 3.89. The molecule has 1 aromatic carbocycles. The summed E-state index contributed by atoms with van der Waals surface area (Å²) in [6.45, 7) is 3.71. The maximum atomic E-state index is 5.94. The third-order valence-electron chi connectivity index (χ3n) is 2.21. The Hall–Kier alpha value is -1.52. The Balaban J connectivity index is 2.31. The fourth-order valence-electron chi connectivity index (χ4n) is 1.30. The lowest BCUT2D eigenvalue weighted by Gasteiger charge is -2.00. The van der Waals surface area contributed by atoms with Gasteiger partial charge in [0.15, 0.2) is 16.0 Å². The lowest BCUT2D eigenvalue weighted by atomic mass is 10.2. The third kappa shape index (κ3) is 3.03. The lowest BCUT2D eigenvalue weighted by molar-refractivity contribution is 1.04. The molecule has 0 saturated carbocycles. The summed E-state index contributed by atoms with van der Waals surface area (Å²) >= 11 is 11.9. The smallest absolute Gasteiger partial charge is 0.161 e. The van der Waals surface area contributed by atoms with Crippen molar-refractivity contribution in [3.8, 4) is 0 Å². The van der Waals surface area contributed by atoms with Crippen molar-refractivity contribution in [3.63, 3.8) is 0 Å². The molecule has 0 saturated heterocycles. The van der Waals surface area contributed by atoms with Crippen molar-refractivity contribution in [3.05, 3.63) is 46.0 Å². The molecule has 92 valence electrons. The second-order valence-corrected chi connectivity index (χ2v) is 4.45. The van der Waals surface area contributed by atoms with Crippen LogP contribution < -0.4 is 0 Å². The van der Waals surface area contributed by atoms with Gasteiger partial charge in [0.2, 0.25) is 0 Å². The summed E-state index contributed by atoms with van der Waals surface area (Å²) in [6, 6.07) is 7.61. The summed E-state index contributed by atoms with van der Waals surface area (Å²) in [4.78, 5) is 7.95. The Morgan fingerprint density at radius 2 is 1.44 bits per heavy atom. The van der Waals surface area contributed by atoms with Crippen molar-refractivity contribution in [2.45, 2.75) is 13.8 Å². The maximum Gasteiger partial charge on any atom is 0.161 e. The quantitative estimate of drug-likeness (QED) is 0.585. The van der Waals surface area contributed by atoms with E-state index in [-0.39, 0.29) is 16.0 Å². The van der Waals surface area contributed by atoms with E-state index in [4.69, 9.17) is 23.2 Å². The number of hydrogen-bond acceptors (Lipinski definition) is 4. The van der Waals surface area contributed by atoms with E-state index in [1.54, 1.807) is 6.92 Å². The molecule has 0 atom stereocenters. The molecule has 0 bridgehead atoms. The van der Waals surface area contributed by atoms with Crippen molar-refractivity contribution in [1.29, 1.82) is 0 Å². The van der Waals surface area contributed by atoms with Crippen LogP contribution in [0.5, 0.6) is 0 Å². The molecule has 1 aromatic heterocycles. The Labute approximate surface area is 115 Å². The highest BCUT2D eigenvalue weighted by molar-refractivity contribution is 6.37. The zero-order chi connectivity index (χ0) is 13.1. The Morgan fingerprint density at radius 1 is 0.889 bits per heavy atom. The highest BCUT2D eigenvalue weighted by atomic mass is 35.5. The predicted octanol–water partition coefficient (Wildman–Crippen LogP) is 4.82. The van der Waals surface area contributed by atoms with Crippen molar-refractivity contribution >= 4 is 34.6 Å². The maximum absolute atomic E-state index is 5.94. The fraction of sp³-hybridized carbons (Fsp3) is 0.167. The monoisotopic (exact) mass is 280 g/mol. The molecule has 0 aliphatic carbocycles. The molecular formula is C12H10Cl2N4. The van der Waals surface area contributed by atoms with Gasteiger partial charge in [-0.05, 0) is 26.0 Å². The van der Waals surface area contributed by atoms with E-state index >= 15 is 0 Å². The molecule has 0 N–H and O–H groups in total. The summed E-state index contributed by atoms with van der Waals surface area (Å²) in [7, 11) is 0. The number of aryl methyl sites for hydroxylation is 2. The summed E-state index contributed by atoms with van der Waals surface area (Å²) in [5.74, 6) is 0.499. The zero-order valence-electron chi connectivity index (χ0n) is 9.85. The van der Waals surface area contributed by atoms with Crippen LogP contribution in [0.25, 0.3) is 0 Å². The third-order valence-corrected chi connectivity index (χ3v) is 2.74. The van der Waals surface area contributed by atoms with Gasteiger partial charge >= 0.3 is 0 Å². The van der Waals surface area contributed by atoms with Crippen molar-refractivity contribution in [1.82, 2.24) is 9.97 Å². The lowest BCUT2D eigenvalue weighted by Crippen LogP contribution is -1.88. The first-order chi connectivity index (χ1) is 8.56. The van der Waals surface area contributed by atoms with Crippen LogP contribution in [-0.4, -0.2) is 9.97 Å². The van der Waals surface area contributed by atoms with Gasteiger partial charge in [0.25, 0.3) is 0 Å². The van der Waals surface area contributed by atoms with Crippen molar-refractivity contribution in [2.75, 3.05) is 0 Å².